The third-order valence-corrected chi connectivity index (χ3v) is 11.0. The van der Waals surface area contributed by atoms with Gasteiger partial charge in [0, 0.05) is 6.42 Å². The second-order valence-corrected chi connectivity index (χ2v) is 18.2. The van der Waals surface area contributed by atoms with Crippen molar-refractivity contribution in [3.05, 3.63) is 72.9 Å². The van der Waals surface area contributed by atoms with Crippen molar-refractivity contribution in [2.45, 2.75) is 193 Å². The summed E-state index contributed by atoms with van der Waals surface area (Å²) in [7, 11) is 1.57. The molecule has 0 aliphatic heterocycles. The Kier molecular flexibility index (Phi) is 38.9. The number of carbonyl (C=O) groups excluding carboxylic acids is 1. The molecule has 0 aromatic carbocycles. The number of nitrogens with zero attached hydrogens (tertiary/aromatic N) is 1. The number of rotatable bonds is 41. The van der Waals surface area contributed by atoms with Crippen molar-refractivity contribution in [1.82, 2.24) is 5.32 Å². The van der Waals surface area contributed by atoms with Crippen LogP contribution in [0.5, 0.6) is 0 Å². The van der Waals surface area contributed by atoms with Gasteiger partial charge in [-0.05, 0) is 64.2 Å². The number of quaternary nitrogens is 1. The van der Waals surface area contributed by atoms with Crippen molar-refractivity contribution in [2.24, 2.45) is 0 Å². The molecule has 8 nitrogen and oxygen atoms in total. The fourth-order valence-corrected chi connectivity index (χ4v) is 7.02. The van der Waals surface area contributed by atoms with E-state index < -0.39 is 20.0 Å². The molecule has 0 heterocycles. The van der Waals surface area contributed by atoms with Crippen molar-refractivity contribution in [3.63, 3.8) is 0 Å². The molecule has 0 saturated carbocycles. The number of likely N-dealkylation sites (N-methyl/N-ethyl adjacent to an activating group) is 1. The molecule has 9 heteroatoms. The van der Waals surface area contributed by atoms with E-state index in [1.807, 2.05) is 21.1 Å². The summed E-state index contributed by atoms with van der Waals surface area (Å²) < 4.78 is 23.6. The normalized spacial score (nSPS) is 14.9. The molecule has 0 aromatic rings. The van der Waals surface area contributed by atoms with Crippen LogP contribution in [0.4, 0.5) is 0 Å². The Morgan fingerprint density at radius 1 is 0.603 bits per heavy atom. The quantitative estimate of drug-likeness (QED) is 0.0245. The molecule has 0 rings (SSSR count). The molecular weight excluding hydrogens is 744 g/mol. The molecule has 0 radical (unpaired) electrons. The van der Waals surface area contributed by atoms with E-state index >= 15 is 0 Å². The monoisotopic (exact) mass is 834 g/mol. The molecule has 3 unspecified atom stereocenters. The van der Waals surface area contributed by atoms with Gasteiger partial charge < -0.3 is 19.8 Å². The minimum atomic E-state index is -4.33. The maximum absolute atomic E-state index is 12.9. The lowest BCUT2D eigenvalue weighted by Gasteiger charge is -2.26. The Bertz CT molecular complexity index is 1170. The number of aliphatic hydroxyl groups is 1. The van der Waals surface area contributed by atoms with Crippen LogP contribution in [0, 0.1) is 0 Å². The van der Waals surface area contributed by atoms with Crippen LogP contribution in [0.25, 0.3) is 0 Å². The van der Waals surface area contributed by atoms with Crippen LogP contribution in [-0.2, 0) is 18.4 Å². The smallest absolute Gasteiger partial charge is 0.391 e. The van der Waals surface area contributed by atoms with Gasteiger partial charge in [-0.25, -0.2) is 4.57 Å². The Morgan fingerprint density at radius 2 is 1.03 bits per heavy atom. The molecule has 3 atom stereocenters. The average Bonchev–Trinajstić information content (AvgIpc) is 3.17. The molecule has 0 bridgehead atoms. The number of hydrogen-bond donors (Lipinski definition) is 3. The predicted molar refractivity (Wildman–Crippen MR) is 249 cm³/mol. The van der Waals surface area contributed by atoms with E-state index in [1.165, 1.54) is 77.0 Å². The summed E-state index contributed by atoms with van der Waals surface area (Å²) in [4.78, 5) is 23.2. The molecule has 0 aliphatic carbocycles. The van der Waals surface area contributed by atoms with E-state index in [-0.39, 0.29) is 19.1 Å². The zero-order valence-corrected chi connectivity index (χ0v) is 38.9. The number of nitrogens with one attached hydrogen (secondary N) is 1. The molecule has 0 spiro atoms. The first-order chi connectivity index (χ1) is 28.0. The van der Waals surface area contributed by atoms with Crippen molar-refractivity contribution >= 4 is 13.7 Å². The fourth-order valence-electron chi connectivity index (χ4n) is 6.28. The first-order valence-electron chi connectivity index (χ1n) is 23.3. The SMILES string of the molecule is CC/C=C\C/C=C\C/C=C\C/C=C\C/C=C\C/C=C\CCCCC(=O)NC(COP(=O)(O)OCC[N+](C)(C)C)C(O)CCCCCCCCCCCCCCCCC. The highest BCUT2D eigenvalue weighted by Crippen LogP contribution is 2.43. The zero-order valence-electron chi connectivity index (χ0n) is 38.0. The summed E-state index contributed by atoms with van der Waals surface area (Å²) in [5.41, 5.74) is 0. The number of amides is 1. The standard InChI is InChI=1S/C49H89N2O6P/c1-6-8-10-12-14-16-18-20-22-23-24-25-26-27-29-31-33-35-37-39-41-43-49(53)50-47(46-57-58(54,55)56-45-44-51(3,4)5)48(52)42-40-38-36-34-32-30-28-21-19-17-15-13-11-9-7-2/h8,10,14,16,20,22,24-25,27,29,33,35,47-48,52H,6-7,9,11-13,15,17-19,21,23,26,28,30-32,34,36-46H2,1-5H3,(H-,50,53,54,55)/p+1/b10-8-,16-14-,22-20-,25-24-,29-27-,35-33-. The summed E-state index contributed by atoms with van der Waals surface area (Å²) in [6, 6.07) is -0.787. The lowest BCUT2D eigenvalue weighted by molar-refractivity contribution is -0.870. The van der Waals surface area contributed by atoms with Crippen LogP contribution in [0.3, 0.4) is 0 Å². The number of allylic oxidation sites excluding steroid dienone is 12. The Labute approximate surface area is 357 Å². The Balaban J connectivity index is 4.45. The first kappa shape index (κ1) is 55.9. The summed E-state index contributed by atoms with van der Waals surface area (Å²) in [5.74, 6) is -0.189. The first-order valence-corrected chi connectivity index (χ1v) is 24.8. The highest BCUT2D eigenvalue weighted by atomic mass is 31.2. The summed E-state index contributed by atoms with van der Waals surface area (Å²) in [6.07, 6.45) is 53.6. The molecule has 3 N–H and O–H groups in total. The van der Waals surface area contributed by atoms with Crippen LogP contribution in [0.1, 0.15) is 181 Å². The van der Waals surface area contributed by atoms with E-state index in [2.05, 4.69) is 92.1 Å². The predicted octanol–water partition coefficient (Wildman–Crippen LogP) is 13.2. The average molecular weight is 834 g/mol. The molecule has 58 heavy (non-hydrogen) atoms. The topological polar surface area (TPSA) is 105 Å². The van der Waals surface area contributed by atoms with Crippen LogP contribution in [0.15, 0.2) is 72.9 Å². The van der Waals surface area contributed by atoms with Gasteiger partial charge >= 0.3 is 7.82 Å². The van der Waals surface area contributed by atoms with Gasteiger partial charge in [0.25, 0.3) is 0 Å². The largest absolute Gasteiger partial charge is 0.472 e. The Morgan fingerprint density at radius 3 is 1.48 bits per heavy atom. The van der Waals surface area contributed by atoms with Crippen LogP contribution in [0.2, 0.25) is 0 Å². The number of unbranched alkanes of at least 4 members (excludes halogenated alkanes) is 16. The number of hydrogen-bond acceptors (Lipinski definition) is 5. The molecule has 0 aromatic heterocycles. The molecule has 336 valence electrons. The lowest BCUT2D eigenvalue weighted by atomic mass is 10.0. The van der Waals surface area contributed by atoms with Gasteiger partial charge in [-0.1, -0.05) is 183 Å². The lowest BCUT2D eigenvalue weighted by Crippen LogP contribution is -2.46. The second-order valence-electron chi connectivity index (χ2n) is 16.8. The minimum absolute atomic E-state index is 0.0622. The second kappa shape index (κ2) is 40.4. The Hall–Kier alpha value is -2.06. The van der Waals surface area contributed by atoms with Gasteiger partial charge in [0.2, 0.25) is 5.91 Å². The van der Waals surface area contributed by atoms with E-state index in [9.17, 15) is 19.4 Å². The molecule has 1 amide bonds. The number of phosphoric acid groups is 1. The highest BCUT2D eigenvalue weighted by Gasteiger charge is 2.28. The maximum Gasteiger partial charge on any atom is 0.472 e. The van der Waals surface area contributed by atoms with Gasteiger partial charge in [0.05, 0.1) is 39.9 Å². The third-order valence-electron chi connectivity index (χ3n) is 9.97. The van der Waals surface area contributed by atoms with Crippen molar-refractivity contribution in [3.8, 4) is 0 Å². The van der Waals surface area contributed by atoms with Crippen molar-refractivity contribution in [2.75, 3.05) is 40.9 Å². The van der Waals surface area contributed by atoms with E-state index in [1.54, 1.807) is 0 Å². The van der Waals surface area contributed by atoms with Crippen LogP contribution < -0.4 is 5.32 Å². The van der Waals surface area contributed by atoms with Gasteiger partial charge in [0.15, 0.2) is 0 Å². The van der Waals surface area contributed by atoms with E-state index in [0.717, 1.165) is 70.6 Å². The van der Waals surface area contributed by atoms with Gasteiger partial charge in [-0.2, -0.15) is 0 Å². The maximum atomic E-state index is 12.9. The van der Waals surface area contributed by atoms with Crippen LogP contribution >= 0.6 is 7.82 Å². The number of aliphatic hydroxyl groups excluding tert-OH is 1. The van der Waals surface area contributed by atoms with E-state index in [4.69, 9.17) is 9.05 Å². The summed E-state index contributed by atoms with van der Waals surface area (Å²) >= 11 is 0. The fraction of sp³-hybridized carbons (Fsp3) is 0.735. The number of carbonyl (C=O) groups is 1. The molecule has 0 aliphatic rings. The summed E-state index contributed by atoms with van der Waals surface area (Å²) in [6.45, 7) is 4.72. The van der Waals surface area contributed by atoms with Crippen molar-refractivity contribution < 1.29 is 32.9 Å². The molecule has 0 fully saturated rings. The number of phosphoric ester groups is 1. The summed E-state index contributed by atoms with van der Waals surface area (Å²) in [5, 5.41) is 13.9. The third kappa shape index (κ3) is 42.1. The zero-order chi connectivity index (χ0) is 42.8. The van der Waals surface area contributed by atoms with Crippen LogP contribution in [-0.4, -0.2) is 73.4 Å². The van der Waals surface area contributed by atoms with Gasteiger partial charge in [-0.3, -0.25) is 13.8 Å². The highest BCUT2D eigenvalue weighted by molar-refractivity contribution is 7.47. The van der Waals surface area contributed by atoms with Crippen molar-refractivity contribution in [1.29, 1.82) is 0 Å². The molecule has 0 saturated heterocycles. The molecular formula is C49H90N2O6P+. The minimum Gasteiger partial charge on any atom is -0.391 e. The van der Waals surface area contributed by atoms with Gasteiger partial charge in [-0.15, -0.1) is 0 Å². The van der Waals surface area contributed by atoms with Gasteiger partial charge in [0.1, 0.15) is 13.2 Å². The van der Waals surface area contributed by atoms with E-state index in [0.29, 0.717) is 30.3 Å².